The first-order chi connectivity index (χ1) is 15.0. The number of nitrogens with one attached hydrogen (secondary N) is 1. The fourth-order valence-electron chi connectivity index (χ4n) is 2.99. The van der Waals surface area contributed by atoms with Crippen LogP contribution in [0.15, 0.2) is 59.7 Å². The standard InChI is InChI=1S/C23H22N4O4/c1-16(23(30)25-19-9-7-17(15-24)8-10-19)31-22(29)12-11-21(28)27-14-13-20(26-27)18-5-3-2-4-6-18/h2-10,16H,11-14H2,1H3,(H,25,30)/t16-/m0/s1. The first kappa shape index (κ1) is 21.7. The molecule has 0 saturated carbocycles. The molecule has 1 N–H and O–H groups in total. The monoisotopic (exact) mass is 418 g/mol. The molecule has 1 heterocycles. The Morgan fingerprint density at radius 1 is 1.13 bits per heavy atom. The maximum absolute atomic E-state index is 12.3. The Bertz CT molecular complexity index is 1030. The molecule has 0 unspecified atom stereocenters. The quantitative estimate of drug-likeness (QED) is 0.695. The molecule has 0 radical (unpaired) electrons. The zero-order valence-electron chi connectivity index (χ0n) is 17.1. The van der Waals surface area contributed by atoms with Gasteiger partial charge in [-0.3, -0.25) is 14.4 Å². The lowest BCUT2D eigenvalue weighted by molar-refractivity contribution is -0.154. The molecule has 31 heavy (non-hydrogen) atoms. The largest absolute Gasteiger partial charge is 0.453 e. The molecule has 2 aromatic rings. The molecule has 8 heteroatoms. The fraction of sp³-hybridized carbons (Fsp3) is 0.261. The second-order valence-corrected chi connectivity index (χ2v) is 6.99. The fourth-order valence-corrected chi connectivity index (χ4v) is 2.99. The number of ether oxygens (including phenoxy) is 1. The van der Waals surface area contributed by atoms with Crippen molar-refractivity contribution in [3.63, 3.8) is 0 Å². The molecule has 1 aliphatic rings. The summed E-state index contributed by atoms with van der Waals surface area (Å²) in [6.45, 7) is 1.93. The van der Waals surface area contributed by atoms with E-state index in [2.05, 4.69) is 10.4 Å². The van der Waals surface area contributed by atoms with Crippen LogP contribution in [0.5, 0.6) is 0 Å². The third-order valence-corrected chi connectivity index (χ3v) is 4.70. The van der Waals surface area contributed by atoms with E-state index in [-0.39, 0.29) is 18.7 Å². The number of hydrogen-bond donors (Lipinski definition) is 1. The zero-order valence-corrected chi connectivity index (χ0v) is 17.1. The molecule has 0 saturated heterocycles. The summed E-state index contributed by atoms with van der Waals surface area (Å²) in [4.78, 5) is 36.6. The van der Waals surface area contributed by atoms with Crippen LogP contribution in [0, 0.1) is 11.3 Å². The average molecular weight is 418 g/mol. The summed E-state index contributed by atoms with van der Waals surface area (Å²) in [5.41, 5.74) is 2.77. The molecule has 1 atom stereocenters. The summed E-state index contributed by atoms with van der Waals surface area (Å²) < 4.78 is 5.12. The second kappa shape index (κ2) is 10.2. The van der Waals surface area contributed by atoms with Crippen molar-refractivity contribution in [1.29, 1.82) is 5.26 Å². The van der Waals surface area contributed by atoms with Crippen molar-refractivity contribution in [3.8, 4) is 6.07 Å². The minimum absolute atomic E-state index is 0.0473. The number of carbonyl (C=O) groups excluding carboxylic acids is 3. The van der Waals surface area contributed by atoms with Gasteiger partial charge in [-0.1, -0.05) is 30.3 Å². The summed E-state index contributed by atoms with van der Waals surface area (Å²) in [5.74, 6) is -1.40. The van der Waals surface area contributed by atoms with Gasteiger partial charge >= 0.3 is 5.97 Å². The highest BCUT2D eigenvalue weighted by Crippen LogP contribution is 2.15. The number of nitrogens with zero attached hydrogens (tertiary/aromatic N) is 3. The van der Waals surface area contributed by atoms with E-state index in [1.165, 1.54) is 11.9 Å². The van der Waals surface area contributed by atoms with Crippen molar-refractivity contribution in [2.24, 2.45) is 5.10 Å². The normalized spacial score (nSPS) is 13.7. The van der Waals surface area contributed by atoms with Crippen LogP contribution in [-0.2, 0) is 19.1 Å². The molecule has 158 valence electrons. The summed E-state index contributed by atoms with van der Waals surface area (Å²) in [7, 11) is 0. The Morgan fingerprint density at radius 2 is 1.84 bits per heavy atom. The topological polar surface area (TPSA) is 112 Å². The lowest BCUT2D eigenvalue weighted by atomic mass is 10.1. The highest BCUT2D eigenvalue weighted by atomic mass is 16.5. The number of benzene rings is 2. The lowest BCUT2D eigenvalue weighted by Gasteiger charge is -2.14. The first-order valence-electron chi connectivity index (χ1n) is 9.90. The van der Waals surface area contributed by atoms with Gasteiger partial charge in [-0.25, -0.2) is 5.01 Å². The molecule has 0 spiro atoms. The van der Waals surface area contributed by atoms with E-state index in [1.54, 1.807) is 24.3 Å². The van der Waals surface area contributed by atoms with E-state index < -0.39 is 18.0 Å². The van der Waals surface area contributed by atoms with Crippen LogP contribution in [0.4, 0.5) is 5.69 Å². The molecule has 0 aromatic heterocycles. The van der Waals surface area contributed by atoms with Gasteiger partial charge in [-0.05, 0) is 36.8 Å². The molecule has 2 aromatic carbocycles. The Balaban J connectivity index is 1.44. The summed E-state index contributed by atoms with van der Waals surface area (Å²) >= 11 is 0. The van der Waals surface area contributed by atoms with Gasteiger partial charge < -0.3 is 10.1 Å². The summed E-state index contributed by atoms with van der Waals surface area (Å²) in [6, 6.07) is 17.9. The number of esters is 1. The van der Waals surface area contributed by atoms with E-state index in [4.69, 9.17) is 10.00 Å². The first-order valence-corrected chi connectivity index (χ1v) is 9.90. The van der Waals surface area contributed by atoms with Gasteiger partial charge in [-0.2, -0.15) is 10.4 Å². The van der Waals surface area contributed by atoms with Crippen molar-refractivity contribution in [3.05, 3.63) is 65.7 Å². The SMILES string of the molecule is C[C@H](OC(=O)CCC(=O)N1CCC(c2ccccc2)=N1)C(=O)Nc1ccc(C#N)cc1. The lowest BCUT2D eigenvalue weighted by Crippen LogP contribution is -2.30. The van der Waals surface area contributed by atoms with Gasteiger partial charge in [0.15, 0.2) is 6.10 Å². The smallest absolute Gasteiger partial charge is 0.307 e. The van der Waals surface area contributed by atoms with Crippen LogP contribution in [0.25, 0.3) is 0 Å². The van der Waals surface area contributed by atoms with Gasteiger partial charge in [0, 0.05) is 18.5 Å². The predicted octanol–water partition coefficient (Wildman–Crippen LogP) is 2.85. The Kier molecular flexibility index (Phi) is 7.12. The Labute approximate surface area is 180 Å². The van der Waals surface area contributed by atoms with Crippen LogP contribution in [0.1, 0.15) is 37.3 Å². The number of hydrazone groups is 1. The number of hydrogen-bond acceptors (Lipinski definition) is 6. The van der Waals surface area contributed by atoms with Crippen molar-refractivity contribution in [2.45, 2.75) is 32.3 Å². The highest BCUT2D eigenvalue weighted by Gasteiger charge is 2.23. The minimum atomic E-state index is -1.02. The van der Waals surface area contributed by atoms with Gasteiger partial charge in [-0.15, -0.1) is 0 Å². The van der Waals surface area contributed by atoms with Gasteiger partial charge in [0.25, 0.3) is 5.91 Å². The second-order valence-electron chi connectivity index (χ2n) is 6.99. The molecular formula is C23H22N4O4. The van der Waals surface area contributed by atoms with Crippen LogP contribution in [-0.4, -0.2) is 41.2 Å². The number of nitriles is 1. The number of carbonyl (C=O) groups is 3. The van der Waals surface area contributed by atoms with E-state index in [9.17, 15) is 14.4 Å². The Morgan fingerprint density at radius 3 is 2.52 bits per heavy atom. The van der Waals surface area contributed by atoms with Crippen molar-refractivity contribution >= 4 is 29.2 Å². The molecule has 2 amide bonds. The average Bonchev–Trinajstić information content (AvgIpc) is 3.29. The van der Waals surface area contributed by atoms with E-state index in [0.29, 0.717) is 24.2 Å². The minimum Gasteiger partial charge on any atom is -0.453 e. The predicted molar refractivity (Wildman–Crippen MR) is 114 cm³/mol. The maximum atomic E-state index is 12.3. The van der Waals surface area contributed by atoms with Gasteiger partial charge in [0.05, 0.1) is 30.3 Å². The number of amides is 2. The third kappa shape index (κ3) is 6.00. The van der Waals surface area contributed by atoms with Crippen LogP contribution < -0.4 is 5.32 Å². The molecule has 8 nitrogen and oxygen atoms in total. The van der Waals surface area contributed by atoms with Crippen LogP contribution >= 0.6 is 0 Å². The highest BCUT2D eigenvalue weighted by molar-refractivity contribution is 6.02. The van der Waals surface area contributed by atoms with Crippen molar-refractivity contribution < 1.29 is 19.1 Å². The van der Waals surface area contributed by atoms with Gasteiger partial charge in [0.2, 0.25) is 5.91 Å². The van der Waals surface area contributed by atoms with E-state index >= 15 is 0 Å². The molecular weight excluding hydrogens is 396 g/mol. The molecule has 0 fully saturated rings. The van der Waals surface area contributed by atoms with Crippen molar-refractivity contribution in [1.82, 2.24) is 5.01 Å². The summed E-state index contributed by atoms with van der Waals surface area (Å²) in [6.07, 6.45) is -0.547. The molecule has 0 bridgehead atoms. The Hall–Kier alpha value is -3.99. The van der Waals surface area contributed by atoms with E-state index in [0.717, 1.165) is 11.3 Å². The maximum Gasteiger partial charge on any atom is 0.307 e. The molecule has 1 aliphatic heterocycles. The van der Waals surface area contributed by atoms with Crippen LogP contribution in [0.3, 0.4) is 0 Å². The third-order valence-electron chi connectivity index (χ3n) is 4.70. The number of anilines is 1. The van der Waals surface area contributed by atoms with Gasteiger partial charge in [0.1, 0.15) is 0 Å². The van der Waals surface area contributed by atoms with Crippen LogP contribution in [0.2, 0.25) is 0 Å². The zero-order chi connectivity index (χ0) is 22.2. The summed E-state index contributed by atoms with van der Waals surface area (Å²) in [5, 5.41) is 17.1. The molecule has 0 aliphatic carbocycles. The van der Waals surface area contributed by atoms with Crippen molar-refractivity contribution in [2.75, 3.05) is 11.9 Å². The molecule has 3 rings (SSSR count). The van der Waals surface area contributed by atoms with E-state index in [1.807, 2.05) is 36.4 Å². The number of rotatable bonds is 7.